The SMILES string of the molecule is CC(C)N(Cc1nnc(-c2ccccc2)o1)C(=O)c1ccc2c(c1)CCC2. The van der Waals surface area contributed by atoms with E-state index in [0.717, 1.165) is 24.0 Å². The topological polar surface area (TPSA) is 59.2 Å². The van der Waals surface area contributed by atoms with Gasteiger partial charge in [-0.1, -0.05) is 24.3 Å². The molecule has 138 valence electrons. The average molecular weight is 361 g/mol. The minimum atomic E-state index is -0.000777. The van der Waals surface area contributed by atoms with Gasteiger partial charge in [0, 0.05) is 17.2 Å². The second-order valence-electron chi connectivity index (χ2n) is 7.23. The van der Waals surface area contributed by atoms with Gasteiger partial charge in [-0.3, -0.25) is 4.79 Å². The first-order valence-electron chi connectivity index (χ1n) is 9.42. The molecule has 4 rings (SSSR count). The normalized spacial score (nSPS) is 13.0. The summed E-state index contributed by atoms with van der Waals surface area (Å²) >= 11 is 0. The van der Waals surface area contributed by atoms with Gasteiger partial charge in [0.05, 0.1) is 6.54 Å². The summed E-state index contributed by atoms with van der Waals surface area (Å²) in [6.45, 7) is 4.30. The van der Waals surface area contributed by atoms with Gasteiger partial charge in [0.15, 0.2) is 0 Å². The van der Waals surface area contributed by atoms with Crippen molar-refractivity contribution in [2.45, 2.75) is 45.7 Å². The number of fused-ring (bicyclic) bond motifs is 1. The highest BCUT2D eigenvalue weighted by atomic mass is 16.4. The zero-order valence-corrected chi connectivity index (χ0v) is 15.7. The van der Waals surface area contributed by atoms with E-state index in [0.29, 0.717) is 18.3 Å². The summed E-state index contributed by atoms with van der Waals surface area (Å²) in [6, 6.07) is 15.7. The van der Waals surface area contributed by atoms with E-state index >= 15 is 0 Å². The van der Waals surface area contributed by atoms with Gasteiger partial charge in [0.1, 0.15) is 0 Å². The summed E-state index contributed by atoms with van der Waals surface area (Å²) in [5.41, 5.74) is 4.27. The number of nitrogens with zero attached hydrogens (tertiary/aromatic N) is 3. The van der Waals surface area contributed by atoms with Crippen LogP contribution in [0.3, 0.4) is 0 Å². The van der Waals surface area contributed by atoms with Crippen molar-refractivity contribution in [1.29, 1.82) is 0 Å². The minimum absolute atomic E-state index is 0.000777. The number of aromatic nitrogens is 2. The molecule has 0 radical (unpaired) electrons. The van der Waals surface area contributed by atoms with E-state index in [1.807, 2.05) is 56.3 Å². The molecule has 1 aromatic heterocycles. The Morgan fingerprint density at radius 1 is 1.07 bits per heavy atom. The van der Waals surface area contributed by atoms with Gasteiger partial charge in [-0.2, -0.15) is 0 Å². The molecule has 0 saturated carbocycles. The monoisotopic (exact) mass is 361 g/mol. The molecule has 0 unspecified atom stereocenters. The predicted octanol–water partition coefficient (Wildman–Crippen LogP) is 4.28. The average Bonchev–Trinajstić information content (AvgIpc) is 3.34. The van der Waals surface area contributed by atoms with Crippen LogP contribution in [0.1, 0.15) is 47.6 Å². The Balaban J connectivity index is 1.55. The lowest BCUT2D eigenvalue weighted by atomic mass is 10.1. The van der Waals surface area contributed by atoms with Crippen LogP contribution in [0.2, 0.25) is 0 Å². The van der Waals surface area contributed by atoms with E-state index in [1.165, 1.54) is 17.5 Å². The van der Waals surface area contributed by atoms with Crippen LogP contribution < -0.4 is 0 Å². The molecule has 0 atom stereocenters. The third kappa shape index (κ3) is 3.63. The van der Waals surface area contributed by atoms with Crippen molar-refractivity contribution in [3.05, 3.63) is 71.1 Å². The fraction of sp³-hybridized carbons (Fsp3) is 0.318. The number of hydrogen-bond acceptors (Lipinski definition) is 4. The van der Waals surface area contributed by atoms with Crippen LogP contribution >= 0.6 is 0 Å². The van der Waals surface area contributed by atoms with E-state index in [9.17, 15) is 4.79 Å². The second-order valence-corrected chi connectivity index (χ2v) is 7.23. The molecule has 1 heterocycles. The van der Waals surface area contributed by atoms with Crippen LogP contribution in [-0.2, 0) is 19.4 Å². The van der Waals surface area contributed by atoms with Gasteiger partial charge in [0.25, 0.3) is 5.91 Å². The lowest BCUT2D eigenvalue weighted by Gasteiger charge is -2.25. The highest BCUT2D eigenvalue weighted by molar-refractivity contribution is 5.94. The van der Waals surface area contributed by atoms with Gasteiger partial charge < -0.3 is 9.32 Å². The van der Waals surface area contributed by atoms with Crippen LogP contribution in [0.25, 0.3) is 11.5 Å². The van der Waals surface area contributed by atoms with Crippen LogP contribution in [-0.4, -0.2) is 27.0 Å². The molecule has 0 aliphatic heterocycles. The molecule has 3 aromatic rings. The highest BCUT2D eigenvalue weighted by Gasteiger charge is 2.23. The first-order valence-corrected chi connectivity index (χ1v) is 9.42. The third-order valence-electron chi connectivity index (χ3n) is 5.02. The lowest BCUT2D eigenvalue weighted by Crippen LogP contribution is -2.36. The standard InChI is InChI=1S/C22H23N3O2/c1-15(2)25(22(26)19-12-11-16-9-6-10-18(16)13-19)14-20-23-24-21(27-20)17-7-4-3-5-8-17/h3-5,7-8,11-13,15H,6,9-10,14H2,1-2H3. The third-order valence-corrected chi connectivity index (χ3v) is 5.02. The molecule has 2 aromatic carbocycles. The van der Waals surface area contributed by atoms with Crippen molar-refractivity contribution in [2.24, 2.45) is 0 Å². The number of carbonyl (C=O) groups is 1. The lowest BCUT2D eigenvalue weighted by molar-refractivity contribution is 0.0672. The maximum atomic E-state index is 13.1. The highest BCUT2D eigenvalue weighted by Crippen LogP contribution is 2.24. The minimum Gasteiger partial charge on any atom is -0.419 e. The summed E-state index contributed by atoms with van der Waals surface area (Å²) in [4.78, 5) is 14.9. The molecule has 0 spiro atoms. The molecule has 0 bridgehead atoms. The number of hydrogen-bond donors (Lipinski definition) is 0. The fourth-order valence-electron chi connectivity index (χ4n) is 3.52. The van der Waals surface area contributed by atoms with Gasteiger partial charge in [0.2, 0.25) is 11.8 Å². The summed E-state index contributed by atoms with van der Waals surface area (Å²) in [5.74, 6) is 0.913. The summed E-state index contributed by atoms with van der Waals surface area (Å²) in [6.07, 6.45) is 3.34. The largest absolute Gasteiger partial charge is 0.419 e. The molecule has 0 saturated heterocycles. The van der Waals surface area contributed by atoms with E-state index in [2.05, 4.69) is 16.3 Å². The zero-order chi connectivity index (χ0) is 18.8. The molecule has 5 heteroatoms. The van der Waals surface area contributed by atoms with E-state index in [1.54, 1.807) is 4.90 Å². The van der Waals surface area contributed by atoms with Crippen LogP contribution in [0, 0.1) is 0 Å². The molecule has 0 fully saturated rings. The molecule has 1 aliphatic rings. The van der Waals surface area contributed by atoms with Crippen molar-refractivity contribution in [1.82, 2.24) is 15.1 Å². The fourth-order valence-corrected chi connectivity index (χ4v) is 3.52. The Hall–Kier alpha value is -2.95. The van der Waals surface area contributed by atoms with Gasteiger partial charge in [-0.15, -0.1) is 10.2 Å². The maximum Gasteiger partial charge on any atom is 0.254 e. The first kappa shape index (κ1) is 17.5. The quantitative estimate of drug-likeness (QED) is 0.681. The summed E-state index contributed by atoms with van der Waals surface area (Å²) < 4.78 is 5.79. The Kier molecular flexibility index (Phi) is 4.75. The Bertz CT molecular complexity index is 947. The van der Waals surface area contributed by atoms with Crippen LogP contribution in [0.5, 0.6) is 0 Å². The van der Waals surface area contributed by atoms with E-state index < -0.39 is 0 Å². The zero-order valence-electron chi connectivity index (χ0n) is 15.7. The molecule has 1 aliphatic carbocycles. The van der Waals surface area contributed by atoms with Gasteiger partial charge >= 0.3 is 0 Å². The number of rotatable bonds is 5. The van der Waals surface area contributed by atoms with Gasteiger partial charge in [-0.25, -0.2) is 0 Å². The maximum absolute atomic E-state index is 13.1. The van der Waals surface area contributed by atoms with E-state index in [4.69, 9.17) is 4.42 Å². The molecule has 27 heavy (non-hydrogen) atoms. The molecular formula is C22H23N3O2. The number of aryl methyl sites for hydroxylation is 2. The predicted molar refractivity (Wildman–Crippen MR) is 103 cm³/mol. The van der Waals surface area contributed by atoms with Crippen molar-refractivity contribution < 1.29 is 9.21 Å². The van der Waals surface area contributed by atoms with Crippen LogP contribution in [0.15, 0.2) is 52.9 Å². The molecule has 0 N–H and O–H groups in total. The number of carbonyl (C=O) groups excluding carboxylic acids is 1. The molecule has 1 amide bonds. The smallest absolute Gasteiger partial charge is 0.254 e. The number of benzene rings is 2. The van der Waals surface area contributed by atoms with Gasteiger partial charge in [-0.05, 0) is 68.5 Å². The molecule has 5 nitrogen and oxygen atoms in total. The molecular weight excluding hydrogens is 338 g/mol. The number of amides is 1. The first-order chi connectivity index (χ1) is 13.1. The van der Waals surface area contributed by atoms with Crippen molar-refractivity contribution in [3.63, 3.8) is 0 Å². The second kappa shape index (κ2) is 7.35. The Morgan fingerprint density at radius 2 is 1.85 bits per heavy atom. The van der Waals surface area contributed by atoms with Crippen molar-refractivity contribution in [2.75, 3.05) is 0 Å². The van der Waals surface area contributed by atoms with Crippen molar-refractivity contribution in [3.8, 4) is 11.5 Å². The van der Waals surface area contributed by atoms with Crippen LogP contribution in [0.4, 0.5) is 0 Å². The Labute approximate surface area is 159 Å². The summed E-state index contributed by atoms with van der Waals surface area (Å²) in [5, 5.41) is 8.26. The van der Waals surface area contributed by atoms with Crippen molar-refractivity contribution >= 4 is 5.91 Å². The van der Waals surface area contributed by atoms with E-state index in [-0.39, 0.29) is 11.9 Å². The summed E-state index contributed by atoms with van der Waals surface area (Å²) in [7, 11) is 0. The Morgan fingerprint density at radius 3 is 2.63 bits per heavy atom.